The molecule has 0 bridgehead atoms. The molecule has 2 fully saturated rings. The van der Waals surface area contributed by atoms with E-state index in [2.05, 4.69) is 23.4 Å². The number of hydrogen-bond donors (Lipinski definition) is 1. The molecule has 2 nitrogen and oxygen atoms in total. The van der Waals surface area contributed by atoms with Crippen molar-refractivity contribution in [1.82, 2.24) is 5.32 Å². The fourth-order valence-corrected chi connectivity index (χ4v) is 2.77. The largest absolute Gasteiger partial charge is 0.481 e. The topological polar surface area (TPSA) is 21.3 Å². The molecule has 0 unspecified atom stereocenters. The Morgan fingerprint density at radius 3 is 2.53 bits per heavy atom. The highest BCUT2D eigenvalue weighted by Gasteiger charge is 2.40. The fourth-order valence-electron chi connectivity index (χ4n) is 2.77. The molecular weight excluding hydrogens is 234 g/mol. The first-order valence-corrected chi connectivity index (χ1v) is 7.26. The number of rotatable bonds is 7. The molecule has 1 aromatic rings. The highest BCUT2D eigenvalue weighted by molar-refractivity contribution is 5.33. The zero-order chi connectivity index (χ0) is 13.1. The molecule has 1 N–H and O–H groups in total. The van der Waals surface area contributed by atoms with Crippen molar-refractivity contribution in [3.05, 3.63) is 29.8 Å². The van der Waals surface area contributed by atoms with E-state index in [4.69, 9.17) is 11.2 Å². The van der Waals surface area contributed by atoms with Crippen molar-refractivity contribution in [3.63, 3.8) is 0 Å². The molecule has 0 aromatic heterocycles. The summed E-state index contributed by atoms with van der Waals surface area (Å²) in [7, 11) is 0. The van der Waals surface area contributed by atoms with Crippen LogP contribution in [0.1, 0.15) is 31.2 Å². The Morgan fingerprint density at radius 2 is 1.89 bits per heavy atom. The number of terminal acetylenes is 1. The predicted molar refractivity (Wildman–Crippen MR) is 76.8 cm³/mol. The summed E-state index contributed by atoms with van der Waals surface area (Å²) < 4.78 is 5.59. The van der Waals surface area contributed by atoms with Gasteiger partial charge in [0.15, 0.2) is 0 Å². The molecule has 0 amide bonds. The van der Waals surface area contributed by atoms with Crippen LogP contribution in [-0.4, -0.2) is 12.6 Å². The molecule has 0 heterocycles. The summed E-state index contributed by atoms with van der Waals surface area (Å²) in [5.74, 6) is 5.28. The standard InChI is InChI=1S/C17H21NO/c1-2-11-19-16-6-4-3-5-15(16)12-18-17(13-7-8-13)14-9-10-14/h1,3-6,13-14,17-18H,7-12H2. The second-order valence-electron chi connectivity index (χ2n) is 5.68. The van der Waals surface area contributed by atoms with Gasteiger partial charge in [-0.1, -0.05) is 24.1 Å². The summed E-state index contributed by atoms with van der Waals surface area (Å²) in [5.41, 5.74) is 1.21. The number of ether oxygens (including phenoxy) is 1. The van der Waals surface area contributed by atoms with Crippen LogP contribution in [0.4, 0.5) is 0 Å². The molecule has 0 radical (unpaired) electrons. The van der Waals surface area contributed by atoms with Gasteiger partial charge in [-0.25, -0.2) is 0 Å². The lowest BCUT2D eigenvalue weighted by atomic mass is 10.1. The summed E-state index contributed by atoms with van der Waals surface area (Å²) in [6, 6.07) is 8.89. The molecular formula is C17H21NO. The van der Waals surface area contributed by atoms with Gasteiger partial charge in [-0.2, -0.15) is 0 Å². The van der Waals surface area contributed by atoms with Crippen molar-refractivity contribution in [3.8, 4) is 18.1 Å². The van der Waals surface area contributed by atoms with E-state index in [0.717, 1.165) is 30.2 Å². The van der Waals surface area contributed by atoms with Gasteiger partial charge in [0.1, 0.15) is 12.4 Å². The normalized spacial score (nSPS) is 18.3. The van der Waals surface area contributed by atoms with Crippen molar-refractivity contribution in [2.75, 3.05) is 6.61 Å². The van der Waals surface area contributed by atoms with E-state index in [0.29, 0.717) is 6.61 Å². The number of benzene rings is 1. The zero-order valence-corrected chi connectivity index (χ0v) is 11.3. The van der Waals surface area contributed by atoms with Crippen LogP contribution in [-0.2, 0) is 6.54 Å². The van der Waals surface area contributed by atoms with Gasteiger partial charge in [-0.15, -0.1) is 6.42 Å². The van der Waals surface area contributed by atoms with Crippen LogP contribution in [0.25, 0.3) is 0 Å². The minimum Gasteiger partial charge on any atom is -0.481 e. The van der Waals surface area contributed by atoms with Crippen LogP contribution in [0.15, 0.2) is 24.3 Å². The lowest BCUT2D eigenvalue weighted by molar-refractivity contribution is 0.359. The van der Waals surface area contributed by atoms with E-state index in [1.165, 1.54) is 31.2 Å². The van der Waals surface area contributed by atoms with Crippen molar-refractivity contribution in [2.45, 2.75) is 38.3 Å². The first-order valence-electron chi connectivity index (χ1n) is 7.26. The summed E-state index contributed by atoms with van der Waals surface area (Å²) in [5, 5.41) is 3.75. The Hall–Kier alpha value is -1.46. The lowest BCUT2D eigenvalue weighted by Crippen LogP contribution is -2.32. The van der Waals surface area contributed by atoms with E-state index in [-0.39, 0.29) is 0 Å². The minimum absolute atomic E-state index is 0.339. The van der Waals surface area contributed by atoms with Crippen LogP contribution in [0.3, 0.4) is 0 Å². The highest BCUT2D eigenvalue weighted by Crippen LogP contribution is 2.44. The molecule has 0 atom stereocenters. The van der Waals surface area contributed by atoms with Gasteiger partial charge in [0.2, 0.25) is 0 Å². The number of hydrogen-bond acceptors (Lipinski definition) is 2. The van der Waals surface area contributed by atoms with Crippen molar-refractivity contribution in [2.24, 2.45) is 11.8 Å². The van der Waals surface area contributed by atoms with Gasteiger partial charge < -0.3 is 10.1 Å². The fraction of sp³-hybridized carbons (Fsp3) is 0.529. The molecule has 2 heteroatoms. The summed E-state index contributed by atoms with van der Waals surface area (Å²) >= 11 is 0. The summed E-state index contributed by atoms with van der Waals surface area (Å²) in [4.78, 5) is 0. The molecule has 0 aliphatic heterocycles. The van der Waals surface area contributed by atoms with Crippen LogP contribution >= 0.6 is 0 Å². The van der Waals surface area contributed by atoms with Crippen LogP contribution in [0.2, 0.25) is 0 Å². The second-order valence-corrected chi connectivity index (χ2v) is 5.68. The van der Waals surface area contributed by atoms with E-state index in [9.17, 15) is 0 Å². The Kier molecular flexibility index (Phi) is 3.75. The Bertz CT molecular complexity index is 456. The van der Waals surface area contributed by atoms with Crippen LogP contribution < -0.4 is 10.1 Å². The predicted octanol–water partition coefficient (Wildman–Crippen LogP) is 2.98. The maximum atomic E-state index is 5.59. The lowest BCUT2D eigenvalue weighted by Gasteiger charge is -2.18. The summed E-state index contributed by atoms with van der Waals surface area (Å²) in [6.45, 7) is 1.23. The molecule has 0 saturated heterocycles. The Balaban J connectivity index is 1.60. The smallest absolute Gasteiger partial charge is 0.148 e. The third-order valence-corrected chi connectivity index (χ3v) is 4.07. The van der Waals surface area contributed by atoms with Gasteiger partial charge in [-0.3, -0.25) is 0 Å². The van der Waals surface area contributed by atoms with Crippen LogP contribution in [0.5, 0.6) is 5.75 Å². The van der Waals surface area contributed by atoms with Crippen LogP contribution in [0, 0.1) is 24.2 Å². The van der Waals surface area contributed by atoms with Gasteiger partial charge >= 0.3 is 0 Å². The van der Waals surface area contributed by atoms with E-state index in [1.54, 1.807) is 0 Å². The maximum absolute atomic E-state index is 5.59. The van der Waals surface area contributed by atoms with Crippen molar-refractivity contribution in [1.29, 1.82) is 0 Å². The van der Waals surface area contributed by atoms with E-state index >= 15 is 0 Å². The first kappa shape index (κ1) is 12.6. The Labute approximate surface area is 115 Å². The maximum Gasteiger partial charge on any atom is 0.148 e. The molecule has 100 valence electrons. The van der Waals surface area contributed by atoms with E-state index < -0.39 is 0 Å². The molecule has 2 saturated carbocycles. The van der Waals surface area contributed by atoms with Crippen molar-refractivity contribution >= 4 is 0 Å². The van der Waals surface area contributed by atoms with Crippen molar-refractivity contribution < 1.29 is 4.74 Å². The van der Waals surface area contributed by atoms with Gasteiger partial charge in [0.25, 0.3) is 0 Å². The van der Waals surface area contributed by atoms with Gasteiger partial charge in [-0.05, 0) is 43.6 Å². The molecule has 2 aliphatic carbocycles. The Morgan fingerprint density at radius 1 is 1.21 bits per heavy atom. The van der Waals surface area contributed by atoms with E-state index in [1.807, 2.05) is 12.1 Å². The SMILES string of the molecule is C#CCOc1ccccc1CNC(C1CC1)C1CC1. The third kappa shape index (κ3) is 3.30. The molecule has 19 heavy (non-hydrogen) atoms. The van der Waals surface area contributed by atoms with Gasteiger partial charge in [0.05, 0.1) is 0 Å². The first-order chi connectivity index (χ1) is 9.38. The average Bonchev–Trinajstić information content (AvgIpc) is 3.30. The number of para-hydroxylation sites is 1. The zero-order valence-electron chi connectivity index (χ0n) is 11.3. The average molecular weight is 255 g/mol. The minimum atomic E-state index is 0.339. The quantitative estimate of drug-likeness (QED) is 0.756. The highest BCUT2D eigenvalue weighted by atomic mass is 16.5. The van der Waals surface area contributed by atoms with Gasteiger partial charge in [0, 0.05) is 18.2 Å². The molecule has 3 rings (SSSR count). The number of nitrogens with one attached hydrogen (secondary N) is 1. The third-order valence-electron chi connectivity index (χ3n) is 4.07. The second kappa shape index (κ2) is 5.67. The molecule has 1 aromatic carbocycles. The monoisotopic (exact) mass is 255 g/mol. The molecule has 2 aliphatic rings. The summed E-state index contributed by atoms with van der Waals surface area (Å²) in [6.07, 6.45) is 10.9. The molecule has 0 spiro atoms.